The summed E-state index contributed by atoms with van der Waals surface area (Å²) in [5.74, 6) is -0.161. The number of hydrogen-bond acceptors (Lipinski definition) is 3. The predicted molar refractivity (Wildman–Crippen MR) is 83.9 cm³/mol. The van der Waals surface area contributed by atoms with Crippen molar-refractivity contribution in [1.82, 2.24) is 0 Å². The van der Waals surface area contributed by atoms with Gasteiger partial charge in [-0.2, -0.15) is 8.42 Å². The third-order valence-corrected chi connectivity index (χ3v) is 4.59. The smallest absolute Gasteiger partial charge is 0.295 e. The molecule has 21 heavy (non-hydrogen) atoms. The molecule has 118 valence electrons. The van der Waals surface area contributed by atoms with Crippen LogP contribution < -0.4 is 0 Å². The fourth-order valence-electron chi connectivity index (χ4n) is 2.64. The molecule has 0 radical (unpaired) electrons. The Bertz CT molecular complexity index is 641. The van der Waals surface area contributed by atoms with Crippen LogP contribution in [-0.4, -0.2) is 19.3 Å². The molecular weight excluding hydrogens is 288 g/mol. The van der Waals surface area contributed by atoms with Crippen molar-refractivity contribution in [2.24, 2.45) is 0 Å². The van der Waals surface area contributed by atoms with Gasteiger partial charge in [0.1, 0.15) is 4.90 Å². The third kappa shape index (κ3) is 3.52. The van der Waals surface area contributed by atoms with Crippen molar-refractivity contribution in [3.63, 3.8) is 0 Å². The van der Waals surface area contributed by atoms with Crippen molar-refractivity contribution < 1.29 is 17.8 Å². The maximum absolute atomic E-state index is 11.9. The van der Waals surface area contributed by atoms with Crippen molar-refractivity contribution >= 4 is 16.4 Å². The van der Waals surface area contributed by atoms with E-state index in [0.29, 0.717) is 23.0 Å². The van der Waals surface area contributed by atoms with Crippen LogP contribution in [0, 0.1) is 0 Å². The quantitative estimate of drug-likeness (QED) is 0.656. The van der Waals surface area contributed by atoms with E-state index in [2.05, 4.69) is 0 Å². The Labute approximate surface area is 127 Å². The highest BCUT2D eigenvalue weighted by Crippen LogP contribution is 2.37. The van der Waals surface area contributed by atoms with Crippen LogP contribution in [0.3, 0.4) is 0 Å². The number of rotatable bonds is 5. The van der Waals surface area contributed by atoms with E-state index in [-0.39, 0.29) is 22.6 Å². The van der Waals surface area contributed by atoms with Gasteiger partial charge in [-0.1, -0.05) is 47.6 Å². The largest absolute Gasteiger partial charge is 0.298 e. The molecule has 0 aromatic heterocycles. The van der Waals surface area contributed by atoms with Gasteiger partial charge in [0, 0.05) is 5.56 Å². The van der Waals surface area contributed by atoms with Gasteiger partial charge in [-0.05, 0) is 34.4 Å². The lowest BCUT2D eigenvalue weighted by Crippen LogP contribution is -2.15. The van der Waals surface area contributed by atoms with E-state index in [9.17, 15) is 17.8 Å². The summed E-state index contributed by atoms with van der Waals surface area (Å²) in [4.78, 5) is 11.4. The minimum absolute atomic E-state index is 0.0716. The Morgan fingerprint density at radius 1 is 0.952 bits per heavy atom. The van der Waals surface area contributed by atoms with Gasteiger partial charge in [-0.15, -0.1) is 0 Å². The molecule has 0 aliphatic carbocycles. The first-order valence-corrected chi connectivity index (χ1v) is 8.59. The van der Waals surface area contributed by atoms with Gasteiger partial charge in [0.05, 0.1) is 0 Å². The van der Waals surface area contributed by atoms with Gasteiger partial charge in [-0.3, -0.25) is 9.35 Å². The van der Waals surface area contributed by atoms with E-state index in [1.807, 2.05) is 41.5 Å². The minimum atomic E-state index is -4.39. The van der Waals surface area contributed by atoms with Crippen molar-refractivity contribution in [1.29, 1.82) is 0 Å². The van der Waals surface area contributed by atoms with Gasteiger partial charge in [-0.25, -0.2) is 0 Å². The lowest BCUT2D eigenvalue weighted by atomic mass is 9.85. The second kappa shape index (κ2) is 6.28. The zero-order chi connectivity index (χ0) is 16.5. The van der Waals surface area contributed by atoms with Crippen molar-refractivity contribution in [2.45, 2.75) is 64.2 Å². The topological polar surface area (TPSA) is 71.4 Å². The maximum Gasteiger partial charge on any atom is 0.295 e. The monoisotopic (exact) mass is 312 g/mol. The van der Waals surface area contributed by atoms with Crippen LogP contribution in [0.4, 0.5) is 0 Å². The SMILES string of the molecule is CC(C)c1cc(C(C)C)c(S(=O)(=O)O)c(C(C)C)c1C=O. The fourth-order valence-corrected chi connectivity index (χ4v) is 3.86. The van der Waals surface area contributed by atoms with Crippen molar-refractivity contribution in [3.05, 3.63) is 28.3 Å². The number of benzene rings is 1. The maximum atomic E-state index is 11.9. The highest BCUT2D eigenvalue weighted by molar-refractivity contribution is 7.86. The van der Waals surface area contributed by atoms with Gasteiger partial charge in [0.25, 0.3) is 10.1 Å². The highest BCUT2D eigenvalue weighted by atomic mass is 32.2. The Balaban J connectivity index is 4.05. The first-order chi connectivity index (χ1) is 9.52. The van der Waals surface area contributed by atoms with Crippen LogP contribution in [0.25, 0.3) is 0 Å². The molecule has 1 aromatic carbocycles. The Hall–Kier alpha value is -1.20. The molecule has 1 aromatic rings. The van der Waals surface area contributed by atoms with Crippen molar-refractivity contribution in [2.75, 3.05) is 0 Å². The van der Waals surface area contributed by atoms with Crippen LogP contribution >= 0.6 is 0 Å². The Morgan fingerprint density at radius 3 is 1.71 bits per heavy atom. The molecule has 0 fully saturated rings. The van der Waals surface area contributed by atoms with Gasteiger partial charge in [0.2, 0.25) is 0 Å². The summed E-state index contributed by atoms with van der Waals surface area (Å²) in [5, 5.41) is 0. The highest BCUT2D eigenvalue weighted by Gasteiger charge is 2.28. The summed E-state index contributed by atoms with van der Waals surface area (Å²) < 4.78 is 33.4. The van der Waals surface area contributed by atoms with Crippen LogP contribution in [0.1, 0.15) is 86.3 Å². The molecule has 4 nitrogen and oxygen atoms in total. The normalized spacial score (nSPS) is 12.5. The molecule has 0 heterocycles. The Kier molecular flexibility index (Phi) is 5.34. The van der Waals surface area contributed by atoms with E-state index < -0.39 is 10.1 Å². The molecule has 0 atom stereocenters. The zero-order valence-corrected chi connectivity index (χ0v) is 14.3. The molecule has 0 bridgehead atoms. The molecule has 1 N–H and O–H groups in total. The lowest BCUT2D eigenvalue weighted by Gasteiger charge is -2.23. The predicted octanol–water partition coefficient (Wildman–Crippen LogP) is 4.12. The number of carbonyl (C=O) groups is 1. The average Bonchev–Trinajstić information content (AvgIpc) is 2.34. The molecule has 0 spiro atoms. The molecule has 0 aliphatic rings. The summed E-state index contributed by atoms with van der Waals surface area (Å²) in [6.45, 7) is 11.3. The second-order valence-electron chi connectivity index (χ2n) is 6.27. The van der Waals surface area contributed by atoms with E-state index in [4.69, 9.17) is 0 Å². The van der Waals surface area contributed by atoms with Gasteiger partial charge < -0.3 is 0 Å². The summed E-state index contributed by atoms with van der Waals surface area (Å²) in [7, 11) is -4.39. The Morgan fingerprint density at radius 2 is 1.43 bits per heavy atom. The van der Waals surface area contributed by atoms with Crippen LogP contribution in [-0.2, 0) is 10.1 Å². The summed E-state index contributed by atoms with van der Waals surface area (Å²) >= 11 is 0. The second-order valence-corrected chi connectivity index (χ2v) is 7.63. The molecule has 0 saturated heterocycles. The lowest BCUT2D eigenvalue weighted by molar-refractivity contribution is 0.112. The summed E-state index contributed by atoms with van der Waals surface area (Å²) in [6, 6.07) is 1.74. The first kappa shape index (κ1) is 17.9. The van der Waals surface area contributed by atoms with Crippen molar-refractivity contribution in [3.8, 4) is 0 Å². The van der Waals surface area contributed by atoms with E-state index in [1.165, 1.54) is 0 Å². The van der Waals surface area contributed by atoms with Crippen LogP contribution in [0.2, 0.25) is 0 Å². The van der Waals surface area contributed by atoms with E-state index in [0.717, 1.165) is 5.56 Å². The molecule has 1 rings (SSSR count). The summed E-state index contributed by atoms with van der Waals surface area (Å²) in [6.07, 6.45) is 0.698. The third-order valence-electron chi connectivity index (χ3n) is 3.62. The number of carbonyl (C=O) groups excluding carboxylic acids is 1. The zero-order valence-electron chi connectivity index (χ0n) is 13.5. The molecule has 0 amide bonds. The summed E-state index contributed by atoms with van der Waals surface area (Å²) in [5.41, 5.74) is 2.19. The average molecular weight is 312 g/mol. The number of aldehydes is 1. The van der Waals surface area contributed by atoms with Crippen LogP contribution in [0.15, 0.2) is 11.0 Å². The fraction of sp³-hybridized carbons (Fsp3) is 0.562. The molecule has 0 aliphatic heterocycles. The molecule has 0 saturated carbocycles. The number of hydrogen-bond donors (Lipinski definition) is 1. The van der Waals surface area contributed by atoms with E-state index >= 15 is 0 Å². The minimum Gasteiger partial charge on any atom is -0.298 e. The van der Waals surface area contributed by atoms with Gasteiger partial charge >= 0.3 is 0 Å². The van der Waals surface area contributed by atoms with E-state index in [1.54, 1.807) is 6.07 Å². The van der Waals surface area contributed by atoms with Gasteiger partial charge in [0.15, 0.2) is 6.29 Å². The molecule has 5 heteroatoms. The standard InChI is InChI=1S/C16H24O4S/c1-9(2)12-7-13(10(3)4)16(21(18,19)20)15(11(5)6)14(12)8-17/h7-11H,1-6H3,(H,18,19,20). The van der Waals surface area contributed by atoms with Crippen LogP contribution in [0.5, 0.6) is 0 Å². The molecular formula is C16H24O4S. The molecule has 0 unspecified atom stereocenters. The first-order valence-electron chi connectivity index (χ1n) is 7.15.